The Balaban J connectivity index is 1.71. The van der Waals surface area contributed by atoms with Crippen LogP contribution in [0.3, 0.4) is 0 Å². The van der Waals surface area contributed by atoms with Crippen molar-refractivity contribution < 1.29 is 19.4 Å². The maximum atomic E-state index is 12.6. The van der Waals surface area contributed by atoms with Gasteiger partial charge in [-0.25, -0.2) is 4.90 Å². The number of aliphatic hydroxyl groups excluding tert-OH is 1. The normalized spacial score (nSPS) is 17.0. The lowest BCUT2D eigenvalue weighted by Gasteiger charge is -2.16. The average molecular weight is 340 g/mol. The van der Waals surface area contributed by atoms with Crippen LogP contribution in [0.1, 0.15) is 12.0 Å². The number of anilines is 2. The Morgan fingerprint density at radius 2 is 1.80 bits per heavy atom. The van der Waals surface area contributed by atoms with Crippen molar-refractivity contribution in [2.24, 2.45) is 0 Å². The van der Waals surface area contributed by atoms with Crippen molar-refractivity contribution in [2.75, 3.05) is 23.9 Å². The number of benzene rings is 2. The number of carbonyl (C=O) groups excluding carboxylic acids is 2. The first kappa shape index (κ1) is 17.0. The molecule has 1 aliphatic rings. The number of hydrogen-bond acceptors (Lipinski definition) is 5. The van der Waals surface area contributed by atoms with Gasteiger partial charge in [-0.2, -0.15) is 0 Å². The molecule has 0 aliphatic carbocycles. The number of nitrogens with zero attached hydrogens (tertiary/aromatic N) is 1. The summed E-state index contributed by atoms with van der Waals surface area (Å²) in [6.07, 6.45) is 0.704. The van der Waals surface area contributed by atoms with Crippen LogP contribution in [0.25, 0.3) is 0 Å². The van der Waals surface area contributed by atoms with Gasteiger partial charge in [0.05, 0.1) is 19.2 Å². The van der Waals surface area contributed by atoms with Gasteiger partial charge in [0.15, 0.2) is 0 Å². The fourth-order valence-electron chi connectivity index (χ4n) is 2.85. The molecule has 2 amide bonds. The molecule has 1 saturated heterocycles. The molecule has 130 valence electrons. The summed E-state index contributed by atoms with van der Waals surface area (Å²) in [5.41, 5.74) is 2.32. The molecule has 1 heterocycles. The minimum absolute atomic E-state index is 0.0964. The predicted molar refractivity (Wildman–Crippen MR) is 94.7 cm³/mol. The molecule has 0 aromatic heterocycles. The summed E-state index contributed by atoms with van der Waals surface area (Å²) in [4.78, 5) is 26.1. The van der Waals surface area contributed by atoms with Gasteiger partial charge < -0.3 is 15.2 Å². The first-order chi connectivity index (χ1) is 12.1. The molecule has 0 saturated carbocycles. The average Bonchev–Trinajstić information content (AvgIpc) is 2.90. The Kier molecular flexibility index (Phi) is 5.00. The van der Waals surface area contributed by atoms with Crippen LogP contribution >= 0.6 is 0 Å². The Morgan fingerprint density at radius 3 is 2.40 bits per heavy atom. The van der Waals surface area contributed by atoms with Gasteiger partial charge in [-0.3, -0.25) is 9.59 Å². The van der Waals surface area contributed by atoms with Gasteiger partial charge in [0.25, 0.3) is 5.91 Å². The minimum atomic E-state index is -0.585. The van der Waals surface area contributed by atoms with Crippen molar-refractivity contribution in [3.05, 3.63) is 54.1 Å². The monoisotopic (exact) mass is 340 g/mol. The van der Waals surface area contributed by atoms with Crippen molar-refractivity contribution in [1.82, 2.24) is 0 Å². The minimum Gasteiger partial charge on any atom is -0.497 e. The highest BCUT2D eigenvalue weighted by Gasteiger charge is 2.39. The molecule has 1 fully saturated rings. The fraction of sp³-hybridized carbons (Fsp3) is 0.263. The van der Waals surface area contributed by atoms with E-state index in [0.29, 0.717) is 17.9 Å². The van der Waals surface area contributed by atoms with Gasteiger partial charge in [0.2, 0.25) is 5.91 Å². The summed E-state index contributed by atoms with van der Waals surface area (Å²) >= 11 is 0. The van der Waals surface area contributed by atoms with Gasteiger partial charge in [-0.1, -0.05) is 12.1 Å². The summed E-state index contributed by atoms with van der Waals surface area (Å²) < 4.78 is 5.10. The molecule has 6 heteroatoms. The molecule has 25 heavy (non-hydrogen) atoms. The van der Waals surface area contributed by atoms with Crippen LogP contribution in [0, 0.1) is 0 Å². The lowest BCUT2D eigenvalue weighted by Crippen LogP contribution is -2.34. The number of nitrogens with one attached hydrogen (secondary N) is 1. The van der Waals surface area contributed by atoms with E-state index in [4.69, 9.17) is 9.84 Å². The highest BCUT2D eigenvalue weighted by molar-refractivity contribution is 6.23. The number of methoxy groups -OCH3 is 1. The molecule has 0 spiro atoms. The quantitative estimate of drug-likeness (QED) is 0.786. The van der Waals surface area contributed by atoms with E-state index in [9.17, 15) is 9.59 Å². The first-order valence-corrected chi connectivity index (χ1v) is 8.09. The van der Waals surface area contributed by atoms with Crippen molar-refractivity contribution in [2.45, 2.75) is 18.9 Å². The zero-order chi connectivity index (χ0) is 17.8. The zero-order valence-electron chi connectivity index (χ0n) is 13.9. The maximum absolute atomic E-state index is 12.6. The summed E-state index contributed by atoms with van der Waals surface area (Å²) in [6.45, 7) is 0.0964. The standard InChI is InChI=1S/C19H20N2O4/c1-25-16-8-6-15(7-9-16)21-18(23)12-17(19(21)24)20-14-4-2-13(3-5-14)10-11-22/h2-9,17,20,22H,10-12H2,1H3/t17-/m1/s1. The number of hydrogen-bond donors (Lipinski definition) is 2. The third kappa shape index (κ3) is 3.64. The van der Waals surface area contributed by atoms with Crippen LogP contribution < -0.4 is 15.0 Å². The van der Waals surface area contributed by atoms with E-state index in [1.54, 1.807) is 31.4 Å². The number of ether oxygens (including phenoxy) is 1. The highest BCUT2D eigenvalue weighted by atomic mass is 16.5. The number of rotatable bonds is 6. The van der Waals surface area contributed by atoms with E-state index in [1.807, 2.05) is 24.3 Å². The van der Waals surface area contributed by atoms with Crippen LogP contribution in [-0.4, -0.2) is 36.7 Å². The number of aliphatic hydroxyl groups is 1. The predicted octanol–water partition coefficient (Wildman–Crippen LogP) is 1.97. The smallest absolute Gasteiger partial charge is 0.256 e. The maximum Gasteiger partial charge on any atom is 0.256 e. The molecular weight excluding hydrogens is 320 g/mol. The van der Waals surface area contributed by atoms with Crippen LogP contribution in [0.15, 0.2) is 48.5 Å². The van der Waals surface area contributed by atoms with E-state index in [2.05, 4.69) is 5.32 Å². The second kappa shape index (κ2) is 7.36. The van der Waals surface area contributed by atoms with E-state index >= 15 is 0 Å². The fourth-order valence-corrected chi connectivity index (χ4v) is 2.85. The summed E-state index contributed by atoms with van der Waals surface area (Å²) in [5.74, 6) is 0.166. The zero-order valence-corrected chi connectivity index (χ0v) is 13.9. The highest BCUT2D eigenvalue weighted by Crippen LogP contribution is 2.26. The van der Waals surface area contributed by atoms with E-state index in [1.165, 1.54) is 4.90 Å². The van der Waals surface area contributed by atoms with Gasteiger partial charge in [-0.05, 0) is 48.4 Å². The van der Waals surface area contributed by atoms with Crippen LogP contribution in [-0.2, 0) is 16.0 Å². The molecule has 6 nitrogen and oxygen atoms in total. The molecule has 1 atom stereocenters. The molecule has 0 radical (unpaired) electrons. The van der Waals surface area contributed by atoms with Gasteiger partial charge in [-0.15, -0.1) is 0 Å². The molecule has 1 aliphatic heterocycles. The summed E-state index contributed by atoms with van der Waals surface area (Å²) in [7, 11) is 1.56. The summed E-state index contributed by atoms with van der Waals surface area (Å²) in [6, 6.07) is 13.7. The third-order valence-electron chi connectivity index (χ3n) is 4.17. The Morgan fingerprint density at radius 1 is 1.12 bits per heavy atom. The van der Waals surface area contributed by atoms with E-state index in [0.717, 1.165) is 11.3 Å². The Hall–Kier alpha value is -2.86. The number of imide groups is 1. The van der Waals surface area contributed by atoms with Crippen LogP contribution in [0.4, 0.5) is 11.4 Å². The van der Waals surface area contributed by atoms with Crippen molar-refractivity contribution >= 4 is 23.2 Å². The molecule has 0 bridgehead atoms. The molecular formula is C19H20N2O4. The van der Waals surface area contributed by atoms with Gasteiger partial charge >= 0.3 is 0 Å². The Labute approximate surface area is 146 Å². The van der Waals surface area contributed by atoms with E-state index in [-0.39, 0.29) is 24.8 Å². The molecule has 2 N–H and O–H groups in total. The lowest BCUT2D eigenvalue weighted by atomic mass is 10.1. The molecule has 2 aromatic carbocycles. The molecule has 0 unspecified atom stereocenters. The first-order valence-electron chi connectivity index (χ1n) is 8.09. The third-order valence-corrected chi connectivity index (χ3v) is 4.17. The van der Waals surface area contributed by atoms with Crippen molar-refractivity contribution in [3.8, 4) is 5.75 Å². The van der Waals surface area contributed by atoms with Crippen LogP contribution in [0.5, 0.6) is 5.75 Å². The second-order valence-corrected chi connectivity index (χ2v) is 5.84. The SMILES string of the molecule is COc1ccc(N2C(=O)C[C@@H](Nc3ccc(CCO)cc3)C2=O)cc1. The van der Waals surface area contributed by atoms with Crippen LogP contribution in [0.2, 0.25) is 0 Å². The van der Waals surface area contributed by atoms with Crippen molar-refractivity contribution in [1.29, 1.82) is 0 Å². The Bertz CT molecular complexity index is 756. The molecule has 2 aromatic rings. The van der Waals surface area contributed by atoms with Gasteiger partial charge in [0.1, 0.15) is 11.8 Å². The van der Waals surface area contributed by atoms with Gasteiger partial charge in [0, 0.05) is 12.3 Å². The van der Waals surface area contributed by atoms with Crippen molar-refractivity contribution in [3.63, 3.8) is 0 Å². The van der Waals surface area contributed by atoms with E-state index < -0.39 is 6.04 Å². The number of amides is 2. The topological polar surface area (TPSA) is 78.9 Å². The summed E-state index contributed by atoms with van der Waals surface area (Å²) in [5, 5.41) is 12.1. The molecule has 3 rings (SSSR count). The lowest BCUT2D eigenvalue weighted by molar-refractivity contribution is -0.121. The second-order valence-electron chi connectivity index (χ2n) is 5.84. The number of carbonyl (C=O) groups is 2. The largest absolute Gasteiger partial charge is 0.497 e.